The maximum Gasteiger partial charge on any atom is 0.220 e. The number of rotatable bonds is 7. The smallest absolute Gasteiger partial charge is 0.220 e. The number of hydrogen-bond acceptors (Lipinski definition) is 3. The van der Waals surface area contributed by atoms with Gasteiger partial charge in [0, 0.05) is 30.2 Å². The van der Waals surface area contributed by atoms with Crippen molar-refractivity contribution in [3.05, 3.63) is 29.8 Å². The number of benzene rings is 1. The van der Waals surface area contributed by atoms with E-state index in [1.54, 1.807) is 18.8 Å². The number of amides is 1. The molecule has 0 aromatic heterocycles. The first-order chi connectivity index (χ1) is 8.67. The summed E-state index contributed by atoms with van der Waals surface area (Å²) in [5.41, 5.74) is 1.29. The molecule has 0 heterocycles. The molecule has 2 N–H and O–H groups in total. The second-order valence-corrected chi connectivity index (χ2v) is 5.29. The first kappa shape index (κ1) is 15.1. The summed E-state index contributed by atoms with van der Waals surface area (Å²) in [5.74, 6) is 0.915. The van der Waals surface area contributed by atoms with Gasteiger partial charge in [-0.2, -0.15) is 0 Å². The zero-order valence-corrected chi connectivity index (χ0v) is 12.1. The van der Waals surface area contributed by atoms with Gasteiger partial charge >= 0.3 is 0 Å². The Morgan fingerprint density at radius 2 is 2.22 bits per heavy atom. The molecule has 1 amide bonds. The second-order valence-electron chi connectivity index (χ2n) is 4.12. The highest BCUT2D eigenvalue weighted by molar-refractivity contribution is 7.99. The van der Waals surface area contributed by atoms with Crippen molar-refractivity contribution in [2.24, 2.45) is 0 Å². The highest BCUT2D eigenvalue weighted by atomic mass is 32.2. The summed E-state index contributed by atoms with van der Waals surface area (Å²) >= 11 is 1.73. The summed E-state index contributed by atoms with van der Waals surface area (Å²) in [7, 11) is 1.67. The Labute approximate surface area is 114 Å². The van der Waals surface area contributed by atoms with Gasteiger partial charge in [0.1, 0.15) is 0 Å². The summed E-state index contributed by atoms with van der Waals surface area (Å²) in [6.07, 6.45) is 0.564. The Balaban J connectivity index is 2.51. The molecule has 100 valence electrons. The molecular weight excluding hydrogens is 244 g/mol. The molecule has 0 aliphatic carbocycles. The maximum absolute atomic E-state index is 11.1. The third-order valence-electron chi connectivity index (χ3n) is 2.75. The van der Waals surface area contributed by atoms with Crippen molar-refractivity contribution in [2.45, 2.75) is 31.2 Å². The van der Waals surface area contributed by atoms with E-state index in [2.05, 4.69) is 48.7 Å². The summed E-state index contributed by atoms with van der Waals surface area (Å²) in [6, 6.07) is 8.87. The van der Waals surface area contributed by atoms with Crippen LogP contribution in [0, 0.1) is 0 Å². The van der Waals surface area contributed by atoms with Crippen LogP contribution in [0.3, 0.4) is 0 Å². The van der Waals surface area contributed by atoms with Crippen molar-refractivity contribution < 1.29 is 4.79 Å². The predicted octanol–water partition coefficient (Wildman–Crippen LogP) is 2.59. The molecule has 1 aromatic carbocycles. The van der Waals surface area contributed by atoms with Gasteiger partial charge in [-0.15, -0.1) is 11.8 Å². The normalized spacial score (nSPS) is 12.2. The second kappa shape index (κ2) is 8.16. The van der Waals surface area contributed by atoms with Crippen LogP contribution in [0.25, 0.3) is 0 Å². The lowest BCUT2D eigenvalue weighted by Gasteiger charge is -2.13. The van der Waals surface area contributed by atoms with Crippen LogP contribution >= 0.6 is 11.8 Å². The van der Waals surface area contributed by atoms with E-state index in [0.29, 0.717) is 12.5 Å². The minimum Gasteiger partial charge on any atom is -0.359 e. The molecule has 1 unspecified atom stereocenters. The van der Waals surface area contributed by atoms with E-state index in [1.165, 1.54) is 10.5 Å². The minimum atomic E-state index is 0.0969. The molecule has 0 radical (unpaired) electrons. The van der Waals surface area contributed by atoms with E-state index in [9.17, 15) is 4.79 Å². The number of hydrogen-bond donors (Lipinski definition) is 2. The van der Waals surface area contributed by atoms with E-state index in [-0.39, 0.29) is 5.91 Å². The Bertz CT molecular complexity index is 382. The number of carbonyl (C=O) groups is 1. The van der Waals surface area contributed by atoms with Crippen molar-refractivity contribution in [1.82, 2.24) is 10.6 Å². The van der Waals surface area contributed by atoms with Gasteiger partial charge in [-0.1, -0.05) is 19.1 Å². The molecule has 0 aliphatic rings. The number of thioether (sulfide) groups is 1. The molecule has 0 spiro atoms. The molecule has 1 atom stereocenters. The van der Waals surface area contributed by atoms with E-state index in [0.717, 1.165) is 12.3 Å². The van der Waals surface area contributed by atoms with Gasteiger partial charge in [-0.25, -0.2) is 0 Å². The van der Waals surface area contributed by atoms with Crippen molar-refractivity contribution in [1.29, 1.82) is 0 Å². The predicted molar refractivity (Wildman–Crippen MR) is 77.9 cm³/mol. The lowest BCUT2D eigenvalue weighted by Crippen LogP contribution is -2.18. The van der Waals surface area contributed by atoms with Gasteiger partial charge in [-0.05, 0) is 31.2 Å². The van der Waals surface area contributed by atoms with Gasteiger partial charge in [0.2, 0.25) is 5.91 Å². The van der Waals surface area contributed by atoms with Gasteiger partial charge in [0.05, 0.1) is 0 Å². The Morgan fingerprint density at radius 1 is 1.44 bits per heavy atom. The average Bonchev–Trinajstić information content (AvgIpc) is 2.39. The van der Waals surface area contributed by atoms with Gasteiger partial charge in [-0.3, -0.25) is 4.79 Å². The molecule has 4 heteroatoms. The summed E-state index contributed by atoms with van der Waals surface area (Å²) < 4.78 is 0. The van der Waals surface area contributed by atoms with Crippen LogP contribution in [0.1, 0.15) is 31.9 Å². The van der Waals surface area contributed by atoms with Crippen molar-refractivity contribution >= 4 is 17.7 Å². The minimum absolute atomic E-state index is 0.0969. The van der Waals surface area contributed by atoms with Gasteiger partial charge < -0.3 is 10.6 Å². The SMILES string of the molecule is CCNC(C)c1cccc(SCCC(=O)NC)c1. The fraction of sp³-hybridized carbons (Fsp3) is 0.500. The third-order valence-corrected chi connectivity index (χ3v) is 3.74. The van der Waals surface area contributed by atoms with Crippen LogP contribution in [-0.2, 0) is 4.79 Å². The summed E-state index contributed by atoms with van der Waals surface area (Å²) in [4.78, 5) is 12.4. The fourth-order valence-electron chi connectivity index (χ4n) is 1.68. The molecule has 1 rings (SSSR count). The molecule has 0 aliphatic heterocycles. The molecular formula is C14H22N2OS. The highest BCUT2D eigenvalue weighted by Crippen LogP contribution is 2.22. The quantitative estimate of drug-likeness (QED) is 0.745. The standard InChI is InChI=1S/C14H22N2OS/c1-4-16-11(2)12-6-5-7-13(10-12)18-9-8-14(17)15-3/h5-7,10-11,16H,4,8-9H2,1-3H3,(H,15,17). The highest BCUT2D eigenvalue weighted by Gasteiger charge is 2.05. The molecule has 18 heavy (non-hydrogen) atoms. The summed E-state index contributed by atoms with van der Waals surface area (Å²) in [6.45, 7) is 5.24. The van der Waals surface area contributed by atoms with E-state index in [4.69, 9.17) is 0 Å². The van der Waals surface area contributed by atoms with Crippen LogP contribution < -0.4 is 10.6 Å². The molecule has 0 fully saturated rings. The summed E-state index contributed by atoms with van der Waals surface area (Å²) in [5, 5.41) is 6.03. The Hall–Kier alpha value is -1.00. The van der Waals surface area contributed by atoms with Crippen LogP contribution in [0.2, 0.25) is 0 Å². The zero-order chi connectivity index (χ0) is 13.4. The molecule has 1 aromatic rings. The van der Waals surface area contributed by atoms with E-state index < -0.39 is 0 Å². The first-order valence-electron chi connectivity index (χ1n) is 6.34. The first-order valence-corrected chi connectivity index (χ1v) is 7.32. The van der Waals surface area contributed by atoms with E-state index in [1.807, 2.05) is 0 Å². The topological polar surface area (TPSA) is 41.1 Å². The van der Waals surface area contributed by atoms with Crippen molar-refractivity contribution in [3.63, 3.8) is 0 Å². The molecule has 0 saturated heterocycles. The van der Waals surface area contributed by atoms with Crippen LogP contribution in [0.4, 0.5) is 0 Å². The zero-order valence-electron chi connectivity index (χ0n) is 11.3. The van der Waals surface area contributed by atoms with Crippen LogP contribution in [-0.4, -0.2) is 25.3 Å². The van der Waals surface area contributed by atoms with Crippen molar-refractivity contribution in [3.8, 4) is 0 Å². The Morgan fingerprint density at radius 3 is 2.89 bits per heavy atom. The average molecular weight is 266 g/mol. The Kier molecular flexibility index (Phi) is 6.83. The molecule has 3 nitrogen and oxygen atoms in total. The molecule has 0 bridgehead atoms. The maximum atomic E-state index is 11.1. The van der Waals surface area contributed by atoms with E-state index >= 15 is 0 Å². The monoisotopic (exact) mass is 266 g/mol. The fourth-order valence-corrected chi connectivity index (χ4v) is 2.60. The van der Waals surface area contributed by atoms with Crippen LogP contribution in [0.5, 0.6) is 0 Å². The lowest BCUT2D eigenvalue weighted by molar-refractivity contribution is -0.120. The number of carbonyl (C=O) groups excluding carboxylic acids is 1. The van der Waals surface area contributed by atoms with Gasteiger partial charge in [0.25, 0.3) is 0 Å². The van der Waals surface area contributed by atoms with Crippen molar-refractivity contribution in [2.75, 3.05) is 19.3 Å². The number of nitrogens with one attached hydrogen (secondary N) is 2. The van der Waals surface area contributed by atoms with Crippen LogP contribution in [0.15, 0.2) is 29.2 Å². The molecule has 0 saturated carbocycles. The van der Waals surface area contributed by atoms with Gasteiger partial charge in [0.15, 0.2) is 0 Å². The lowest BCUT2D eigenvalue weighted by atomic mass is 10.1. The third kappa shape index (κ3) is 5.10. The largest absolute Gasteiger partial charge is 0.359 e.